The number of hydrogen-bond donors (Lipinski definition) is 0. The third-order valence-corrected chi connectivity index (χ3v) is 2.22. The Balaban J connectivity index is 2.69. The predicted molar refractivity (Wildman–Crippen MR) is 28.6 cm³/mol. The van der Waals surface area contributed by atoms with Crippen molar-refractivity contribution < 1.29 is 26.3 Å². The van der Waals surface area contributed by atoms with Crippen LogP contribution < -0.4 is 0 Å². The first-order valence-electron chi connectivity index (χ1n) is 3.27. The fourth-order valence-corrected chi connectivity index (χ4v) is 1.24. The lowest BCUT2D eigenvalue weighted by molar-refractivity contribution is -0.0701. The maximum atomic E-state index is 11.9. The molecule has 0 N–H and O–H groups in total. The van der Waals surface area contributed by atoms with Crippen molar-refractivity contribution >= 4 is 0 Å². The molecule has 1 unspecified atom stereocenters. The van der Waals surface area contributed by atoms with E-state index in [4.69, 9.17) is 0 Å². The summed E-state index contributed by atoms with van der Waals surface area (Å²) in [6.07, 6.45) is -10.6. The number of alkyl halides is 6. The van der Waals surface area contributed by atoms with Gasteiger partial charge in [-0.1, -0.05) is 0 Å². The highest BCUT2D eigenvalue weighted by Crippen LogP contribution is 2.62. The van der Waals surface area contributed by atoms with E-state index in [1.165, 1.54) is 0 Å². The third-order valence-electron chi connectivity index (χ3n) is 2.22. The molecular formula is C6H6F6. The van der Waals surface area contributed by atoms with Crippen molar-refractivity contribution in [2.24, 2.45) is 11.3 Å². The average Bonchev–Trinajstić information content (AvgIpc) is 2.60. The molecule has 1 atom stereocenters. The van der Waals surface area contributed by atoms with Gasteiger partial charge < -0.3 is 0 Å². The fraction of sp³-hybridized carbons (Fsp3) is 1.00. The molecule has 0 aliphatic heterocycles. The highest BCUT2D eigenvalue weighted by Gasteiger charge is 2.70. The van der Waals surface area contributed by atoms with Crippen molar-refractivity contribution in [2.75, 3.05) is 0 Å². The minimum Gasteiger partial charge on any atom is -0.210 e. The minimum atomic E-state index is -3.36. The minimum absolute atomic E-state index is 0.778. The molecular weight excluding hydrogens is 186 g/mol. The zero-order valence-corrected chi connectivity index (χ0v) is 5.78. The predicted octanol–water partition coefficient (Wildman–Crippen LogP) is 2.79. The molecule has 1 rings (SSSR count). The van der Waals surface area contributed by atoms with Gasteiger partial charge in [-0.3, -0.25) is 0 Å². The molecule has 0 spiro atoms. The number of halogens is 6. The van der Waals surface area contributed by atoms with Crippen LogP contribution in [0.2, 0.25) is 0 Å². The Bertz CT molecular complexity index is 157. The summed E-state index contributed by atoms with van der Waals surface area (Å²) in [5, 5.41) is 0. The van der Waals surface area contributed by atoms with Crippen LogP contribution in [0.25, 0.3) is 0 Å². The average molecular weight is 192 g/mol. The van der Waals surface area contributed by atoms with E-state index < -0.39 is 37.0 Å². The lowest BCUT2D eigenvalue weighted by atomic mass is 10.1. The summed E-state index contributed by atoms with van der Waals surface area (Å²) in [4.78, 5) is 0. The summed E-state index contributed by atoms with van der Waals surface area (Å²) in [5.74, 6) is -1.84. The standard InChI is InChI=1S/C6H6F6/c7-3(8)2-1-6(2,4(9)10)5(11)12/h2-5H,1H2. The Kier molecular flexibility index (Phi) is 2.27. The van der Waals surface area contributed by atoms with Crippen LogP contribution in [0.4, 0.5) is 26.3 Å². The molecule has 0 radical (unpaired) electrons. The lowest BCUT2D eigenvalue weighted by Crippen LogP contribution is -2.26. The van der Waals surface area contributed by atoms with Crippen LogP contribution in [-0.2, 0) is 0 Å². The van der Waals surface area contributed by atoms with Crippen LogP contribution in [0.5, 0.6) is 0 Å². The molecule has 72 valence electrons. The summed E-state index contributed by atoms with van der Waals surface area (Å²) in [5.41, 5.74) is -2.73. The second kappa shape index (κ2) is 2.81. The molecule has 6 heteroatoms. The van der Waals surface area contributed by atoms with Crippen molar-refractivity contribution in [3.05, 3.63) is 0 Å². The Hall–Kier alpha value is -0.420. The second-order valence-electron chi connectivity index (χ2n) is 2.86. The van der Waals surface area contributed by atoms with Crippen LogP contribution in [0, 0.1) is 11.3 Å². The van der Waals surface area contributed by atoms with E-state index in [1.54, 1.807) is 0 Å². The van der Waals surface area contributed by atoms with Gasteiger partial charge in [0.15, 0.2) is 0 Å². The van der Waals surface area contributed by atoms with Gasteiger partial charge in [-0.2, -0.15) is 0 Å². The van der Waals surface area contributed by atoms with Crippen LogP contribution in [-0.4, -0.2) is 19.3 Å². The molecule has 0 heterocycles. The van der Waals surface area contributed by atoms with Crippen LogP contribution in [0.15, 0.2) is 0 Å². The molecule has 0 bridgehead atoms. The molecule has 0 aromatic carbocycles. The molecule has 12 heavy (non-hydrogen) atoms. The van der Waals surface area contributed by atoms with Crippen molar-refractivity contribution in [3.8, 4) is 0 Å². The highest BCUT2D eigenvalue weighted by molar-refractivity contribution is 5.07. The molecule has 1 saturated carbocycles. The summed E-state index contributed by atoms with van der Waals surface area (Å²) < 4.78 is 71.2. The first-order valence-corrected chi connectivity index (χ1v) is 3.27. The van der Waals surface area contributed by atoms with Gasteiger partial charge in [0, 0.05) is 5.92 Å². The molecule has 1 fully saturated rings. The monoisotopic (exact) mass is 192 g/mol. The summed E-state index contributed by atoms with van der Waals surface area (Å²) in [6, 6.07) is 0. The van der Waals surface area contributed by atoms with Crippen molar-refractivity contribution in [1.29, 1.82) is 0 Å². The van der Waals surface area contributed by atoms with Crippen LogP contribution in [0.3, 0.4) is 0 Å². The molecule has 0 aromatic heterocycles. The van der Waals surface area contributed by atoms with Gasteiger partial charge in [0.1, 0.15) is 5.41 Å². The summed E-state index contributed by atoms with van der Waals surface area (Å²) in [6.45, 7) is 0. The smallest absolute Gasteiger partial charge is 0.210 e. The second-order valence-corrected chi connectivity index (χ2v) is 2.86. The highest BCUT2D eigenvalue weighted by atomic mass is 19.3. The molecule has 0 amide bonds. The van der Waals surface area contributed by atoms with Gasteiger partial charge >= 0.3 is 0 Å². The van der Waals surface area contributed by atoms with Gasteiger partial charge in [-0.25, -0.2) is 26.3 Å². The third kappa shape index (κ3) is 1.17. The summed E-state index contributed by atoms with van der Waals surface area (Å²) >= 11 is 0. The van der Waals surface area contributed by atoms with Crippen molar-refractivity contribution in [3.63, 3.8) is 0 Å². The first-order chi connectivity index (χ1) is 5.43. The van der Waals surface area contributed by atoms with E-state index in [0.29, 0.717) is 0 Å². The molecule has 0 nitrogen and oxygen atoms in total. The molecule has 0 saturated heterocycles. The van der Waals surface area contributed by atoms with Gasteiger partial charge in [0.25, 0.3) is 0 Å². The van der Waals surface area contributed by atoms with E-state index in [9.17, 15) is 26.3 Å². The van der Waals surface area contributed by atoms with Gasteiger partial charge in [0.05, 0.1) is 0 Å². The zero-order chi connectivity index (χ0) is 9.52. The normalized spacial score (nSPS) is 27.2. The zero-order valence-electron chi connectivity index (χ0n) is 5.78. The number of rotatable bonds is 3. The number of hydrogen-bond acceptors (Lipinski definition) is 0. The van der Waals surface area contributed by atoms with Crippen molar-refractivity contribution in [2.45, 2.75) is 25.7 Å². The van der Waals surface area contributed by atoms with Crippen LogP contribution in [0.1, 0.15) is 6.42 Å². The van der Waals surface area contributed by atoms with E-state index in [0.717, 1.165) is 0 Å². The lowest BCUT2D eigenvalue weighted by Gasteiger charge is -2.14. The topological polar surface area (TPSA) is 0 Å². The van der Waals surface area contributed by atoms with Gasteiger partial charge in [-0.15, -0.1) is 0 Å². The molecule has 1 aliphatic rings. The van der Waals surface area contributed by atoms with E-state index in [2.05, 4.69) is 0 Å². The van der Waals surface area contributed by atoms with E-state index >= 15 is 0 Å². The van der Waals surface area contributed by atoms with Crippen LogP contribution >= 0.6 is 0 Å². The quantitative estimate of drug-likeness (QED) is 0.603. The Morgan fingerprint density at radius 3 is 1.42 bits per heavy atom. The Morgan fingerprint density at radius 1 is 0.917 bits per heavy atom. The Labute approximate surface area is 64.6 Å². The SMILES string of the molecule is FC(F)C1CC1(C(F)F)C(F)F. The van der Waals surface area contributed by atoms with Gasteiger partial charge in [-0.05, 0) is 6.42 Å². The maximum absolute atomic E-state index is 11.9. The fourth-order valence-electron chi connectivity index (χ4n) is 1.24. The molecule has 0 aromatic rings. The first kappa shape index (κ1) is 9.67. The largest absolute Gasteiger partial charge is 0.250 e. The summed E-state index contributed by atoms with van der Waals surface area (Å²) in [7, 11) is 0. The van der Waals surface area contributed by atoms with Crippen molar-refractivity contribution in [1.82, 2.24) is 0 Å². The van der Waals surface area contributed by atoms with E-state index in [-0.39, 0.29) is 0 Å². The Morgan fingerprint density at radius 2 is 1.33 bits per heavy atom. The molecule has 1 aliphatic carbocycles. The maximum Gasteiger partial charge on any atom is 0.250 e. The van der Waals surface area contributed by atoms with Gasteiger partial charge in [0.2, 0.25) is 19.3 Å². The van der Waals surface area contributed by atoms with E-state index in [1.807, 2.05) is 0 Å².